The van der Waals surface area contributed by atoms with Gasteiger partial charge in [0.15, 0.2) is 0 Å². The molecule has 1 aromatic carbocycles. The molecule has 0 saturated carbocycles. The fraction of sp³-hybridized carbons (Fsp3) is 0.333. The van der Waals surface area contributed by atoms with Crippen molar-refractivity contribution < 1.29 is 0 Å². The summed E-state index contributed by atoms with van der Waals surface area (Å²) >= 11 is 9.06. The van der Waals surface area contributed by atoms with E-state index >= 15 is 0 Å². The lowest BCUT2D eigenvalue weighted by Crippen LogP contribution is -1.84. The van der Waals surface area contributed by atoms with Gasteiger partial charge in [-0.1, -0.05) is 23.5 Å². The van der Waals surface area contributed by atoms with Crippen LogP contribution in [0.2, 0.25) is 0 Å². The maximum Gasteiger partial charge on any atom is 0.147 e. The van der Waals surface area contributed by atoms with Gasteiger partial charge in [-0.05, 0) is 24.8 Å². The second kappa shape index (κ2) is 6.38. The molecule has 0 aliphatic heterocycles. The van der Waals surface area contributed by atoms with Crippen LogP contribution >= 0.6 is 34.7 Å². The van der Waals surface area contributed by atoms with Crippen molar-refractivity contribution in [1.29, 1.82) is 0 Å². The second-order valence-electron chi connectivity index (χ2n) is 3.52. The molecule has 0 radical (unpaired) electrons. The lowest BCUT2D eigenvalue weighted by atomic mass is 10.2. The van der Waals surface area contributed by atoms with Crippen molar-refractivity contribution in [2.75, 3.05) is 12.1 Å². The topological polar surface area (TPSA) is 25.8 Å². The van der Waals surface area contributed by atoms with Crippen LogP contribution in [0.4, 0.5) is 0 Å². The summed E-state index contributed by atoms with van der Waals surface area (Å²) in [6.07, 6.45) is 3.95. The number of thioether (sulfide) groups is 1. The standard InChI is InChI=1S/C12H13ClN2S2/c1-16-10-6-4-9(5-7-10)12-15-14-11(17-12)3-2-8-13/h4-7H,2-3,8H2,1H3. The fourth-order valence-corrected chi connectivity index (χ4v) is 2.85. The first-order chi connectivity index (χ1) is 8.33. The number of aromatic nitrogens is 2. The van der Waals surface area contributed by atoms with Gasteiger partial charge >= 0.3 is 0 Å². The number of rotatable bonds is 5. The zero-order chi connectivity index (χ0) is 12.1. The summed E-state index contributed by atoms with van der Waals surface area (Å²) in [6.45, 7) is 0. The number of nitrogens with zero attached hydrogens (tertiary/aromatic N) is 2. The molecule has 2 nitrogen and oxygen atoms in total. The molecule has 0 aliphatic rings. The largest absolute Gasteiger partial charge is 0.147 e. The number of hydrogen-bond donors (Lipinski definition) is 0. The normalized spacial score (nSPS) is 10.7. The average molecular weight is 285 g/mol. The third-order valence-corrected chi connectivity index (χ3v) is 4.37. The fourth-order valence-electron chi connectivity index (χ4n) is 1.42. The summed E-state index contributed by atoms with van der Waals surface area (Å²) < 4.78 is 0. The molecule has 0 saturated heterocycles. The number of benzene rings is 1. The minimum atomic E-state index is 0.678. The molecule has 0 fully saturated rings. The van der Waals surface area contributed by atoms with E-state index in [2.05, 4.69) is 40.7 Å². The van der Waals surface area contributed by atoms with E-state index in [1.807, 2.05) is 0 Å². The van der Waals surface area contributed by atoms with Gasteiger partial charge in [-0.25, -0.2) is 0 Å². The van der Waals surface area contributed by atoms with Gasteiger partial charge in [-0.2, -0.15) is 0 Å². The maximum absolute atomic E-state index is 5.66. The molecule has 90 valence electrons. The molecule has 17 heavy (non-hydrogen) atoms. The minimum absolute atomic E-state index is 0.678. The Hall–Kier alpha value is -0.580. The van der Waals surface area contributed by atoms with Gasteiger partial charge < -0.3 is 0 Å². The Bertz CT molecular complexity index is 468. The predicted molar refractivity (Wildman–Crippen MR) is 76.2 cm³/mol. The summed E-state index contributed by atoms with van der Waals surface area (Å²) in [6, 6.07) is 8.41. The van der Waals surface area contributed by atoms with Gasteiger partial charge in [0.25, 0.3) is 0 Å². The smallest absolute Gasteiger partial charge is 0.143 e. The van der Waals surface area contributed by atoms with Crippen LogP contribution in [0, 0.1) is 0 Å². The van der Waals surface area contributed by atoms with E-state index in [4.69, 9.17) is 11.6 Å². The minimum Gasteiger partial charge on any atom is -0.143 e. The SMILES string of the molecule is CSc1ccc(-c2nnc(CCCCl)s2)cc1. The molecule has 2 aromatic rings. The molecule has 2 rings (SSSR count). The van der Waals surface area contributed by atoms with Crippen molar-refractivity contribution >= 4 is 34.7 Å². The summed E-state index contributed by atoms with van der Waals surface area (Å²) in [5, 5.41) is 10.4. The van der Waals surface area contributed by atoms with Crippen molar-refractivity contribution in [3.8, 4) is 10.6 Å². The van der Waals surface area contributed by atoms with Crippen LogP contribution in [0.25, 0.3) is 10.6 Å². The Morgan fingerprint density at radius 3 is 2.65 bits per heavy atom. The molecule has 0 atom stereocenters. The molecule has 0 spiro atoms. The van der Waals surface area contributed by atoms with Gasteiger partial charge in [0.2, 0.25) is 0 Å². The zero-order valence-electron chi connectivity index (χ0n) is 9.52. The predicted octanol–water partition coefficient (Wildman–Crippen LogP) is 4.10. The Morgan fingerprint density at radius 1 is 1.24 bits per heavy atom. The highest BCUT2D eigenvalue weighted by Gasteiger charge is 2.06. The van der Waals surface area contributed by atoms with E-state index in [0.717, 1.165) is 28.4 Å². The number of alkyl halides is 1. The quantitative estimate of drug-likeness (QED) is 0.611. The molecule has 0 bridgehead atoms. The van der Waals surface area contributed by atoms with Gasteiger partial charge in [0.05, 0.1) is 0 Å². The van der Waals surface area contributed by atoms with Gasteiger partial charge in [-0.15, -0.1) is 33.6 Å². The molecule has 1 heterocycles. The highest BCUT2D eigenvalue weighted by molar-refractivity contribution is 7.98. The second-order valence-corrected chi connectivity index (χ2v) is 5.84. The molecule has 0 unspecified atom stereocenters. The van der Waals surface area contributed by atoms with E-state index < -0.39 is 0 Å². The Balaban J connectivity index is 2.12. The highest BCUT2D eigenvalue weighted by atomic mass is 35.5. The monoisotopic (exact) mass is 284 g/mol. The van der Waals surface area contributed by atoms with Crippen molar-refractivity contribution in [1.82, 2.24) is 10.2 Å². The molecular formula is C12H13ClN2S2. The lowest BCUT2D eigenvalue weighted by Gasteiger charge is -1.97. The summed E-state index contributed by atoms with van der Waals surface area (Å²) in [5.74, 6) is 0.678. The molecule has 5 heteroatoms. The van der Waals surface area contributed by atoms with E-state index in [0.29, 0.717) is 5.88 Å². The first kappa shape index (κ1) is 12.9. The van der Waals surface area contributed by atoms with Gasteiger partial charge in [0, 0.05) is 22.8 Å². The number of hydrogen-bond acceptors (Lipinski definition) is 4. The summed E-state index contributed by atoms with van der Waals surface area (Å²) in [4.78, 5) is 1.26. The van der Waals surface area contributed by atoms with Crippen LogP contribution < -0.4 is 0 Å². The van der Waals surface area contributed by atoms with Crippen molar-refractivity contribution in [2.45, 2.75) is 17.7 Å². The average Bonchev–Trinajstić information content (AvgIpc) is 2.85. The van der Waals surface area contributed by atoms with E-state index in [9.17, 15) is 0 Å². The third-order valence-electron chi connectivity index (χ3n) is 2.33. The molecular weight excluding hydrogens is 272 g/mol. The Labute approximate surface area is 114 Å². The first-order valence-corrected chi connectivity index (χ1v) is 7.94. The Kier molecular flexibility index (Phi) is 4.83. The van der Waals surface area contributed by atoms with Gasteiger partial charge in [0.1, 0.15) is 10.0 Å². The van der Waals surface area contributed by atoms with Crippen molar-refractivity contribution in [3.63, 3.8) is 0 Å². The number of aryl methyl sites for hydroxylation is 1. The van der Waals surface area contributed by atoms with E-state index in [1.54, 1.807) is 23.1 Å². The molecule has 1 aromatic heterocycles. The van der Waals surface area contributed by atoms with Crippen LogP contribution in [0.15, 0.2) is 29.2 Å². The number of halogens is 1. The molecule has 0 amide bonds. The summed E-state index contributed by atoms with van der Waals surface area (Å²) in [7, 11) is 0. The lowest BCUT2D eigenvalue weighted by molar-refractivity contribution is 0.884. The summed E-state index contributed by atoms with van der Waals surface area (Å²) in [5.41, 5.74) is 1.14. The maximum atomic E-state index is 5.66. The first-order valence-electron chi connectivity index (χ1n) is 5.36. The van der Waals surface area contributed by atoms with Crippen LogP contribution in [-0.4, -0.2) is 22.3 Å². The van der Waals surface area contributed by atoms with Crippen molar-refractivity contribution in [2.24, 2.45) is 0 Å². The van der Waals surface area contributed by atoms with E-state index in [1.165, 1.54) is 4.90 Å². The van der Waals surface area contributed by atoms with Gasteiger partial charge in [-0.3, -0.25) is 0 Å². The zero-order valence-corrected chi connectivity index (χ0v) is 11.9. The highest BCUT2D eigenvalue weighted by Crippen LogP contribution is 2.26. The van der Waals surface area contributed by atoms with E-state index in [-0.39, 0.29) is 0 Å². The molecule has 0 N–H and O–H groups in total. The van der Waals surface area contributed by atoms with Crippen LogP contribution in [-0.2, 0) is 6.42 Å². The molecule has 0 aliphatic carbocycles. The third kappa shape index (κ3) is 3.44. The Morgan fingerprint density at radius 2 is 2.00 bits per heavy atom. The van der Waals surface area contributed by atoms with Crippen molar-refractivity contribution in [3.05, 3.63) is 29.3 Å². The van der Waals surface area contributed by atoms with Crippen LogP contribution in [0.1, 0.15) is 11.4 Å². The van der Waals surface area contributed by atoms with Crippen LogP contribution in [0.5, 0.6) is 0 Å². The van der Waals surface area contributed by atoms with Crippen LogP contribution in [0.3, 0.4) is 0 Å².